The van der Waals surface area contributed by atoms with Crippen molar-refractivity contribution in [3.63, 3.8) is 0 Å². The van der Waals surface area contributed by atoms with E-state index in [1.807, 2.05) is 6.07 Å². The molecule has 0 radical (unpaired) electrons. The summed E-state index contributed by atoms with van der Waals surface area (Å²) < 4.78 is 16.8. The Labute approximate surface area is 326 Å². The normalized spacial score (nSPS) is 27.1. The molecule has 3 unspecified atom stereocenters. The number of benzene rings is 1. The summed E-state index contributed by atoms with van der Waals surface area (Å²) in [7, 11) is 0. The second kappa shape index (κ2) is 19.2. The van der Waals surface area contributed by atoms with Gasteiger partial charge in [0.1, 0.15) is 18.6 Å². The smallest absolute Gasteiger partial charge is 0.238 e. The van der Waals surface area contributed by atoms with Gasteiger partial charge in [-0.2, -0.15) is 0 Å². The molecule has 0 bridgehead atoms. The minimum atomic E-state index is -0.709. The molecule has 300 valence electrons. The SMILES string of the molecule is CCN1CCN(C2NC(NC3COC3)C3(CCCCCCCCCC3)C(C(=O)NC[C@H](O)CN3CCc4c(ccc(OCc5cnco5)c4Cl)C3)N2)CC1. The Morgan fingerprint density at radius 2 is 1.78 bits per heavy atom. The molecule has 1 spiro atoms. The number of halogens is 1. The van der Waals surface area contributed by atoms with Gasteiger partial charge in [-0.1, -0.05) is 76.0 Å². The highest BCUT2D eigenvalue weighted by Crippen LogP contribution is 2.42. The van der Waals surface area contributed by atoms with E-state index in [-0.39, 0.29) is 43.0 Å². The van der Waals surface area contributed by atoms with Gasteiger partial charge in [-0.3, -0.25) is 30.5 Å². The molecule has 13 nitrogen and oxygen atoms in total. The Hall–Kier alpha value is -2.33. The number of hydrogen-bond donors (Lipinski definition) is 5. The summed E-state index contributed by atoms with van der Waals surface area (Å²) in [6, 6.07) is 3.84. The monoisotopic (exact) mass is 770 g/mol. The molecule has 4 atom stereocenters. The minimum absolute atomic E-state index is 0.00657. The highest BCUT2D eigenvalue weighted by molar-refractivity contribution is 6.33. The number of aliphatic hydroxyl groups is 1. The van der Waals surface area contributed by atoms with Gasteiger partial charge in [0.15, 0.2) is 12.2 Å². The largest absolute Gasteiger partial charge is 0.484 e. The zero-order valence-corrected chi connectivity index (χ0v) is 33.0. The van der Waals surface area contributed by atoms with Gasteiger partial charge >= 0.3 is 0 Å². The van der Waals surface area contributed by atoms with Crippen LogP contribution >= 0.6 is 11.6 Å². The van der Waals surface area contributed by atoms with Crippen LogP contribution in [0.15, 0.2) is 29.1 Å². The van der Waals surface area contributed by atoms with Gasteiger partial charge in [-0.05, 0) is 43.0 Å². The molecule has 54 heavy (non-hydrogen) atoms. The van der Waals surface area contributed by atoms with Crippen molar-refractivity contribution in [1.82, 2.24) is 41.0 Å². The van der Waals surface area contributed by atoms with Crippen LogP contribution in [0.4, 0.5) is 0 Å². The first-order valence-corrected chi connectivity index (χ1v) is 21.1. The number of oxazole rings is 1. The first kappa shape index (κ1) is 39.9. The third kappa shape index (κ3) is 9.78. The van der Waals surface area contributed by atoms with E-state index in [0.29, 0.717) is 42.8 Å². The van der Waals surface area contributed by atoms with E-state index in [0.717, 1.165) is 82.5 Å². The molecular weight excluding hydrogens is 708 g/mol. The van der Waals surface area contributed by atoms with E-state index in [1.54, 1.807) is 6.20 Å². The summed E-state index contributed by atoms with van der Waals surface area (Å²) in [5.74, 6) is 1.26. The first-order valence-electron chi connectivity index (χ1n) is 20.7. The summed E-state index contributed by atoms with van der Waals surface area (Å²) in [6.45, 7) is 11.0. The van der Waals surface area contributed by atoms with Crippen LogP contribution < -0.4 is 26.0 Å². The van der Waals surface area contributed by atoms with Gasteiger partial charge in [0.25, 0.3) is 0 Å². The molecule has 4 aliphatic heterocycles. The number of piperazine rings is 1. The Balaban J connectivity index is 1.02. The lowest BCUT2D eigenvalue weighted by Crippen LogP contribution is -2.80. The van der Waals surface area contributed by atoms with Crippen molar-refractivity contribution in [1.29, 1.82) is 0 Å². The second-order valence-electron chi connectivity index (χ2n) is 16.2. The number of hydrogen-bond acceptors (Lipinski definition) is 12. The number of rotatable bonds is 12. The number of fused-ring (bicyclic) bond motifs is 1. The average Bonchev–Trinajstić information content (AvgIpc) is 3.68. The topological polar surface area (TPSA) is 140 Å². The quantitative estimate of drug-likeness (QED) is 0.216. The van der Waals surface area contributed by atoms with E-state index in [9.17, 15) is 9.90 Å². The van der Waals surface area contributed by atoms with Crippen molar-refractivity contribution in [3.05, 3.63) is 46.6 Å². The fraction of sp³-hybridized carbons (Fsp3) is 0.750. The lowest BCUT2D eigenvalue weighted by Gasteiger charge is -2.56. The average molecular weight is 771 g/mol. The van der Waals surface area contributed by atoms with Crippen molar-refractivity contribution in [3.8, 4) is 5.75 Å². The van der Waals surface area contributed by atoms with Gasteiger partial charge in [0.05, 0.1) is 48.8 Å². The number of aromatic nitrogens is 1. The second-order valence-corrected chi connectivity index (χ2v) is 16.6. The molecule has 2 aromatic rings. The van der Waals surface area contributed by atoms with Crippen LogP contribution in [-0.4, -0.2) is 127 Å². The van der Waals surface area contributed by atoms with Crippen LogP contribution in [0.3, 0.4) is 0 Å². The Morgan fingerprint density at radius 1 is 1.04 bits per heavy atom. The Kier molecular flexibility index (Phi) is 14.2. The highest BCUT2D eigenvalue weighted by Gasteiger charge is 2.54. The van der Waals surface area contributed by atoms with Gasteiger partial charge in [-0.15, -0.1) is 0 Å². The number of aliphatic hydroxyl groups excluding tert-OH is 1. The number of ether oxygens (including phenoxy) is 2. The lowest BCUT2D eigenvalue weighted by atomic mass is 9.67. The van der Waals surface area contributed by atoms with Gasteiger partial charge in [0, 0.05) is 57.8 Å². The number of carbonyl (C=O) groups excluding carboxylic acids is 1. The molecule has 1 aromatic carbocycles. The molecule has 3 saturated heterocycles. The fourth-order valence-electron chi connectivity index (χ4n) is 9.26. The molecule has 1 aliphatic carbocycles. The number of nitrogens with one attached hydrogen (secondary N) is 4. The van der Waals surface area contributed by atoms with Crippen molar-refractivity contribution >= 4 is 17.5 Å². The fourth-order valence-corrected chi connectivity index (χ4v) is 9.59. The maximum absolute atomic E-state index is 14.6. The van der Waals surface area contributed by atoms with Crippen LogP contribution in [0, 0.1) is 5.41 Å². The molecule has 4 fully saturated rings. The molecular formula is C40H63ClN8O5. The van der Waals surface area contributed by atoms with Crippen molar-refractivity contribution in [2.75, 3.05) is 65.6 Å². The number of carbonyl (C=O) groups is 1. The van der Waals surface area contributed by atoms with Crippen LogP contribution in [0.2, 0.25) is 5.02 Å². The number of amides is 1. The summed E-state index contributed by atoms with van der Waals surface area (Å²) in [5, 5.41) is 27.1. The zero-order chi connectivity index (χ0) is 37.3. The zero-order valence-electron chi connectivity index (χ0n) is 32.2. The van der Waals surface area contributed by atoms with Gasteiger partial charge < -0.3 is 29.2 Å². The first-order chi connectivity index (χ1) is 26.4. The molecule has 5 heterocycles. The predicted octanol–water partition coefficient (Wildman–Crippen LogP) is 3.44. The molecule has 14 heteroatoms. The molecule has 7 rings (SSSR count). The van der Waals surface area contributed by atoms with Crippen LogP contribution in [0.5, 0.6) is 5.75 Å². The lowest BCUT2D eigenvalue weighted by molar-refractivity contribution is -0.136. The maximum Gasteiger partial charge on any atom is 0.238 e. The Bertz CT molecular complexity index is 1460. The minimum Gasteiger partial charge on any atom is -0.484 e. The van der Waals surface area contributed by atoms with E-state index in [1.165, 1.54) is 44.9 Å². The predicted molar refractivity (Wildman–Crippen MR) is 208 cm³/mol. The highest BCUT2D eigenvalue weighted by atomic mass is 35.5. The van der Waals surface area contributed by atoms with Crippen molar-refractivity contribution in [2.24, 2.45) is 5.41 Å². The molecule has 1 aromatic heterocycles. The van der Waals surface area contributed by atoms with Crippen molar-refractivity contribution < 1.29 is 23.8 Å². The van der Waals surface area contributed by atoms with Crippen molar-refractivity contribution in [2.45, 2.75) is 121 Å². The van der Waals surface area contributed by atoms with E-state index in [2.05, 4.69) is 53.9 Å². The van der Waals surface area contributed by atoms with E-state index < -0.39 is 12.1 Å². The summed E-state index contributed by atoms with van der Waals surface area (Å²) in [6.07, 6.45) is 14.5. The van der Waals surface area contributed by atoms with Crippen LogP contribution in [0.1, 0.15) is 88.0 Å². The van der Waals surface area contributed by atoms with E-state index >= 15 is 0 Å². The molecule has 1 saturated carbocycles. The summed E-state index contributed by atoms with van der Waals surface area (Å²) in [5.41, 5.74) is 1.89. The van der Waals surface area contributed by atoms with Gasteiger partial charge in [-0.25, -0.2) is 4.98 Å². The number of likely N-dealkylation sites (N-methyl/N-ethyl adjacent to an activating group) is 1. The number of β-amino-alcohol motifs (C(OH)–C–C–N with tert-alkyl or cyclic N) is 1. The molecule has 5 N–H and O–H groups in total. The van der Waals surface area contributed by atoms with E-state index in [4.69, 9.17) is 25.5 Å². The molecule has 1 amide bonds. The third-order valence-electron chi connectivity index (χ3n) is 12.6. The Morgan fingerprint density at radius 3 is 2.44 bits per heavy atom. The standard InChI is InChI=1S/C40H63ClN8O5/c1-2-47-17-19-49(20-18-47)39-45-36(40(38(46-39)44-30-25-52-26-30)14-9-7-5-3-4-6-8-10-15-40)37(51)43-21-31(50)24-48-16-13-33-29(23-48)11-12-34(35(33)41)53-27-32-22-42-28-54-32/h11-12,22,28,30-31,36,38-39,44-46,50H,2-10,13-21,23-27H2,1H3,(H,43,51)/t31-,36?,38?,39?/m0/s1. The maximum atomic E-state index is 14.6. The third-order valence-corrected chi connectivity index (χ3v) is 13.0. The summed E-state index contributed by atoms with van der Waals surface area (Å²) >= 11 is 6.79. The van der Waals surface area contributed by atoms with Gasteiger partial charge in [0.2, 0.25) is 5.91 Å². The van der Waals surface area contributed by atoms with Crippen LogP contribution in [-0.2, 0) is 29.1 Å². The molecule has 5 aliphatic rings. The number of nitrogens with zero attached hydrogens (tertiary/aromatic N) is 4. The van der Waals surface area contributed by atoms with Crippen LogP contribution in [0.25, 0.3) is 0 Å². The summed E-state index contributed by atoms with van der Waals surface area (Å²) in [4.78, 5) is 25.8.